The number of fused-ring (bicyclic) bond motifs is 1. The summed E-state index contributed by atoms with van der Waals surface area (Å²) in [6.07, 6.45) is 7.51. The average Bonchev–Trinajstić information content (AvgIpc) is 2.82. The number of imide groups is 1. The normalized spacial score (nSPS) is 36.7. The van der Waals surface area contributed by atoms with Crippen LogP contribution >= 0.6 is 0 Å². The predicted molar refractivity (Wildman–Crippen MR) is 81.9 cm³/mol. The van der Waals surface area contributed by atoms with Gasteiger partial charge in [0.1, 0.15) is 14.0 Å². The Bertz CT molecular complexity index is 498. The highest BCUT2D eigenvalue weighted by molar-refractivity contribution is 6.31. The molecule has 3 fully saturated rings. The van der Waals surface area contributed by atoms with Gasteiger partial charge in [0.2, 0.25) is 11.8 Å². The van der Waals surface area contributed by atoms with Crippen LogP contribution in [0.4, 0.5) is 4.79 Å². The first-order valence-electron chi connectivity index (χ1n) is 8.36. The summed E-state index contributed by atoms with van der Waals surface area (Å²) in [6.45, 7) is 0. The van der Waals surface area contributed by atoms with E-state index < -0.39 is 11.5 Å². The number of rotatable bonds is 1. The molecule has 120 valence electrons. The van der Waals surface area contributed by atoms with Gasteiger partial charge in [0.05, 0.1) is 11.5 Å². The summed E-state index contributed by atoms with van der Waals surface area (Å²) < 4.78 is 5.58. The van der Waals surface area contributed by atoms with Gasteiger partial charge in [-0.2, -0.15) is 0 Å². The van der Waals surface area contributed by atoms with E-state index in [0.717, 1.165) is 32.1 Å². The Morgan fingerprint density at radius 1 is 1.09 bits per heavy atom. The Hall–Kier alpha value is -1.53. The van der Waals surface area contributed by atoms with Crippen LogP contribution in [0.1, 0.15) is 57.8 Å². The number of hydrogen-bond acceptors (Lipinski definition) is 4. The van der Waals surface area contributed by atoms with Crippen LogP contribution in [0.15, 0.2) is 0 Å². The lowest BCUT2D eigenvalue weighted by Crippen LogP contribution is -2.66. The van der Waals surface area contributed by atoms with Crippen molar-refractivity contribution in [2.45, 2.75) is 75.4 Å². The third-order valence-corrected chi connectivity index (χ3v) is 5.31. The van der Waals surface area contributed by atoms with Crippen molar-refractivity contribution in [3.05, 3.63) is 0 Å². The minimum atomic E-state index is -0.974. The summed E-state index contributed by atoms with van der Waals surface area (Å²) >= 11 is 0. The van der Waals surface area contributed by atoms with Crippen molar-refractivity contribution in [1.29, 1.82) is 0 Å². The molecular formula is C15H23BN2O4. The standard InChI is InChI=1S/C15H23BN2O4/c16-15(9-8-12(19)17-13(15)20)18-10-6-4-2-1-3-5-7-11(10)22-14(18)21/h10-11H,1-9,16H2,(H,17,19,20). The molecule has 0 aromatic heterocycles. The van der Waals surface area contributed by atoms with E-state index in [1.807, 2.05) is 0 Å². The Morgan fingerprint density at radius 3 is 2.50 bits per heavy atom. The Kier molecular flexibility index (Phi) is 4.15. The number of hydrogen-bond donors (Lipinski definition) is 1. The van der Waals surface area contributed by atoms with E-state index in [4.69, 9.17) is 4.74 Å². The number of piperidine rings is 1. The van der Waals surface area contributed by atoms with E-state index >= 15 is 0 Å². The molecule has 1 aliphatic carbocycles. The van der Waals surface area contributed by atoms with Gasteiger partial charge in [-0.15, -0.1) is 0 Å². The van der Waals surface area contributed by atoms with Gasteiger partial charge in [-0.25, -0.2) is 4.79 Å². The van der Waals surface area contributed by atoms with Crippen molar-refractivity contribution in [3.63, 3.8) is 0 Å². The van der Waals surface area contributed by atoms with Gasteiger partial charge in [0, 0.05) is 6.42 Å². The van der Waals surface area contributed by atoms with E-state index in [1.54, 1.807) is 12.7 Å². The molecule has 3 rings (SSSR count). The fourth-order valence-corrected chi connectivity index (χ4v) is 3.95. The molecule has 0 aromatic rings. The van der Waals surface area contributed by atoms with Gasteiger partial charge < -0.3 is 4.74 Å². The van der Waals surface area contributed by atoms with Crippen molar-refractivity contribution in [2.24, 2.45) is 0 Å². The van der Waals surface area contributed by atoms with Crippen LogP contribution in [0.25, 0.3) is 0 Å². The molecule has 1 N–H and O–H groups in total. The van der Waals surface area contributed by atoms with Crippen LogP contribution in [-0.4, -0.2) is 48.2 Å². The van der Waals surface area contributed by atoms with Gasteiger partial charge in [-0.1, -0.05) is 25.7 Å². The second-order valence-corrected chi connectivity index (χ2v) is 6.86. The van der Waals surface area contributed by atoms with Gasteiger partial charge in [0.25, 0.3) is 0 Å². The van der Waals surface area contributed by atoms with Crippen molar-refractivity contribution >= 4 is 25.8 Å². The Labute approximate surface area is 131 Å². The second-order valence-electron chi connectivity index (χ2n) is 6.86. The summed E-state index contributed by atoms with van der Waals surface area (Å²) in [5.74, 6) is -0.637. The minimum absolute atomic E-state index is 0.0467. The van der Waals surface area contributed by atoms with Crippen molar-refractivity contribution < 1.29 is 19.1 Å². The molecular weight excluding hydrogens is 283 g/mol. The lowest BCUT2D eigenvalue weighted by Gasteiger charge is -2.42. The van der Waals surface area contributed by atoms with E-state index in [9.17, 15) is 14.4 Å². The zero-order chi connectivity index (χ0) is 15.7. The smallest absolute Gasteiger partial charge is 0.410 e. The molecule has 2 aliphatic heterocycles. The summed E-state index contributed by atoms with van der Waals surface area (Å²) in [4.78, 5) is 37.8. The minimum Gasteiger partial charge on any atom is -0.444 e. The fourth-order valence-electron chi connectivity index (χ4n) is 3.95. The SMILES string of the molecule is BC1(N2C(=O)OC3CCCCCCCC32)CCC(=O)NC1=O. The molecule has 1 saturated carbocycles. The summed E-state index contributed by atoms with van der Waals surface area (Å²) in [5.41, 5.74) is -0.974. The summed E-state index contributed by atoms with van der Waals surface area (Å²) in [6, 6.07) is -0.0467. The van der Waals surface area contributed by atoms with Crippen LogP contribution in [0.5, 0.6) is 0 Å². The molecule has 22 heavy (non-hydrogen) atoms. The van der Waals surface area contributed by atoms with Crippen LogP contribution in [0, 0.1) is 0 Å². The van der Waals surface area contributed by atoms with Gasteiger partial charge in [-0.3, -0.25) is 19.8 Å². The molecule has 3 amide bonds. The van der Waals surface area contributed by atoms with Crippen LogP contribution in [-0.2, 0) is 14.3 Å². The molecule has 3 aliphatic rings. The first-order valence-corrected chi connectivity index (χ1v) is 8.36. The zero-order valence-electron chi connectivity index (χ0n) is 13.1. The lowest BCUT2D eigenvalue weighted by molar-refractivity contribution is -0.139. The lowest BCUT2D eigenvalue weighted by atomic mass is 9.69. The van der Waals surface area contributed by atoms with Crippen molar-refractivity contribution in [1.82, 2.24) is 10.2 Å². The highest BCUT2D eigenvalue weighted by Crippen LogP contribution is 2.36. The maximum absolute atomic E-state index is 12.4. The van der Waals surface area contributed by atoms with Crippen LogP contribution in [0.2, 0.25) is 0 Å². The molecule has 0 spiro atoms. The molecule has 0 aromatic carbocycles. The maximum Gasteiger partial charge on any atom is 0.410 e. The zero-order valence-corrected chi connectivity index (χ0v) is 13.1. The van der Waals surface area contributed by atoms with E-state index in [1.165, 1.54) is 12.8 Å². The molecule has 3 atom stereocenters. The van der Waals surface area contributed by atoms with Gasteiger partial charge >= 0.3 is 6.09 Å². The molecule has 3 unspecified atom stereocenters. The van der Waals surface area contributed by atoms with E-state index in [0.29, 0.717) is 6.42 Å². The van der Waals surface area contributed by atoms with Crippen LogP contribution in [0.3, 0.4) is 0 Å². The quantitative estimate of drug-likeness (QED) is 0.571. The molecule has 7 heteroatoms. The van der Waals surface area contributed by atoms with Crippen molar-refractivity contribution in [2.75, 3.05) is 0 Å². The van der Waals surface area contributed by atoms with E-state index in [-0.39, 0.29) is 30.4 Å². The molecule has 2 saturated heterocycles. The summed E-state index contributed by atoms with van der Waals surface area (Å²) in [5, 5.41) is 2.38. The Balaban J connectivity index is 1.85. The maximum atomic E-state index is 12.4. The highest BCUT2D eigenvalue weighted by atomic mass is 16.6. The first kappa shape index (κ1) is 15.4. The van der Waals surface area contributed by atoms with Crippen LogP contribution < -0.4 is 5.32 Å². The average molecular weight is 306 g/mol. The number of nitrogens with zero attached hydrogens (tertiary/aromatic N) is 1. The molecule has 0 radical (unpaired) electrons. The van der Waals surface area contributed by atoms with Crippen molar-refractivity contribution in [3.8, 4) is 0 Å². The highest BCUT2D eigenvalue weighted by Gasteiger charge is 2.54. The molecule has 0 bridgehead atoms. The summed E-state index contributed by atoms with van der Waals surface area (Å²) in [7, 11) is 1.76. The number of carbonyl (C=O) groups excluding carboxylic acids is 3. The largest absolute Gasteiger partial charge is 0.444 e. The third kappa shape index (κ3) is 2.61. The molecule has 2 heterocycles. The van der Waals surface area contributed by atoms with E-state index in [2.05, 4.69) is 5.32 Å². The third-order valence-electron chi connectivity index (χ3n) is 5.31. The topological polar surface area (TPSA) is 75.7 Å². The first-order chi connectivity index (χ1) is 10.5. The van der Waals surface area contributed by atoms with Gasteiger partial charge in [-0.05, 0) is 25.7 Å². The second kappa shape index (κ2) is 5.93. The predicted octanol–water partition coefficient (Wildman–Crippen LogP) is 0.686. The Morgan fingerprint density at radius 2 is 1.77 bits per heavy atom. The number of amides is 3. The monoisotopic (exact) mass is 306 g/mol. The fraction of sp³-hybridized carbons (Fsp3) is 0.800. The number of nitrogens with one attached hydrogen (secondary N) is 1. The van der Waals surface area contributed by atoms with Gasteiger partial charge in [0.15, 0.2) is 0 Å². The number of carbonyl (C=O) groups is 3. The molecule has 6 nitrogen and oxygen atoms in total. The number of ether oxygens (including phenoxy) is 1.